The van der Waals surface area contributed by atoms with Gasteiger partial charge in [-0.3, -0.25) is 5.32 Å². The van der Waals surface area contributed by atoms with Crippen LogP contribution in [0.2, 0.25) is 10.0 Å². The second-order valence-corrected chi connectivity index (χ2v) is 8.98. The summed E-state index contributed by atoms with van der Waals surface area (Å²) >= 11 is 16.1. The Morgan fingerprint density at radius 2 is 1.73 bits per heavy atom. The molecule has 1 aliphatic rings. The molecule has 3 aromatic rings. The minimum atomic E-state index is -0.260. The number of nitrogens with one attached hydrogen (secondary N) is 2. The van der Waals surface area contributed by atoms with E-state index in [1.165, 1.54) is 5.56 Å². The van der Waals surface area contributed by atoms with Crippen LogP contribution in [0.3, 0.4) is 0 Å². The Bertz CT molecular complexity index is 1100. The molecule has 0 fully saturated rings. The molecule has 2 unspecified atom stereocenters. The lowest BCUT2D eigenvalue weighted by Crippen LogP contribution is -2.39. The molecule has 6 heteroatoms. The monoisotopic (exact) mass is 502 g/mol. The van der Waals surface area contributed by atoms with E-state index in [1.807, 2.05) is 24.3 Å². The van der Waals surface area contributed by atoms with Gasteiger partial charge in [-0.1, -0.05) is 76.4 Å². The van der Waals surface area contributed by atoms with E-state index in [1.54, 1.807) is 12.1 Å². The predicted molar refractivity (Wildman–Crippen MR) is 128 cm³/mol. The normalized spacial score (nSPS) is 18.6. The maximum atomic E-state index is 10.5. The van der Waals surface area contributed by atoms with Gasteiger partial charge in [-0.25, -0.2) is 0 Å². The third kappa shape index (κ3) is 4.52. The van der Waals surface area contributed by atoms with Crippen LogP contribution in [0.15, 0.2) is 71.2 Å². The smallest absolute Gasteiger partial charge is 0.120 e. The van der Waals surface area contributed by atoms with Crippen molar-refractivity contribution in [1.82, 2.24) is 10.6 Å². The number of phenols is 1. The van der Waals surface area contributed by atoms with Crippen LogP contribution < -0.4 is 10.6 Å². The number of aromatic hydroxyl groups is 1. The van der Waals surface area contributed by atoms with Crippen molar-refractivity contribution < 1.29 is 5.11 Å². The lowest BCUT2D eigenvalue weighted by molar-refractivity contribution is 0.419. The van der Waals surface area contributed by atoms with Gasteiger partial charge < -0.3 is 10.4 Å². The highest BCUT2D eigenvalue weighted by Crippen LogP contribution is 2.36. The molecule has 0 saturated carbocycles. The molecule has 3 nitrogen and oxygen atoms in total. The fraction of sp³-hybridized carbons (Fsp3) is 0.167. The van der Waals surface area contributed by atoms with Crippen LogP contribution in [-0.2, 0) is 6.42 Å². The lowest BCUT2D eigenvalue weighted by Gasteiger charge is -2.34. The molecular formula is C24H21BrCl2N2O. The van der Waals surface area contributed by atoms with Gasteiger partial charge >= 0.3 is 0 Å². The molecule has 3 aromatic carbocycles. The van der Waals surface area contributed by atoms with E-state index in [0.29, 0.717) is 10.0 Å². The summed E-state index contributed by atoms with van der Waals surface area (Å²) in [5.41, 5.74) is 4.99. The summed E-state index contributed by atoms with van der Waals surface area (Å²) in [6.07, 6.45) is 2.82. The van der Waals surface area contributed by atoms with E-state index in [4.69, 9.17) is 23.2 Å². The Kier molecular flexibility index (Phi) is 6.40. The molecule has 154 valence electrons. The van der Waals surface area contributed by atoms with Gasteiger partial charge in [-0.15, -0.1) is 0 Å². The van der Waals surface area contributed by atoms with Crippen molar-refractivity contribution in [2.75, 3.05) is 0 Å². The van der Waals surface area contributed by atoms with E-state index in [-0.39, 0.29) is 18.0 Å². The Hall–Kier alpha value is -1.98. The average molecular weight is 504 g/mol. The third-order valence-electron chi connectivity index (χ3n) is 5.25. The van der Waals surface area contributed by atoms with E-state index in [2.05, 4.69) is 63.8 Å². The number of benzene rings is 3. The summed E-state index contributed by atoms with van der Waals surface area (Å²) in [6.45, 7) is 2.14. The highest BCUT2D eigenvalue weighted by atomic mass is 79.9. The fourth-order valence-corrected chi connectivity index (χ4v) is 4.49. The van der Waals surface area contributed by atoms with Crippen molar-refractivity contribution >= 4 is 44.8 Å². The van der Waals surface area contributed by atoms with Gasteiger partial charge in [-0.2, -0.15) is 0 Å². The molecule has 1 aliphatic heterocycles. The number of phenolic OH excluding ortho intramolecular Hbond substituents is 1. The van der Waals surface area contributed by atoms with Gasteiger partial charge in [0, 0.05) is 31.3 Å². The Labute approximate surface area is 194 Å². The third-order valence-corrected chi connectivity index (χ3v) is 6.31. The van der Waals surface area contributed by atoms with E-state index < -0.39 is 0 Å². The number of hydrogen-bond donors (Lipinski definition) is 3. The van der Waals surface area contributed by atoms with Crippen molar-refractivity contribution in [2.24, 2.45) is 0 Å². The molecule has 4 rings (SSSR count). The fourth-order valence-electron chi connectivity index (χ4n) is 3.60. The quantitative estimate of drug-likeness (QED) is 0.359. The lowest BCUT2D eigenvalue weighted by atomic mass is 9.97. The summed E-state index contributed by atoms with van der Waals surface area (Å²) in [5.74, 6) is 0.232. The second kappa shape index (κ2) is 9.03. The molecule has 0 radical (unpaired) electrons. The van der Waals surface area contributed by atoms with Crippen LogP contribution in [0.5, 0.6) is 5.75 Å². The maximum Gasteiger partial charge on any atom is 0.120 e. The van der Waals surface area contributed by atoms with Gasteiger partial charge in [0.1, 0.15) is 11.9 Å². The van der Waals surface area contributed by atoms with E-state index >= 15 is 0 Å². The van der Waals surface area contributed by atoms with Gasteiger partial charge in [0.25, 0.3) is 0 Å². The first-order valence-corrected chi connectivity index (χ1v) is 11.3. The standard InChI is InChI=1S/C24H21BrCl2N2O/c1-2-14-3-5-15(6-4-14)21-13-22(19-11-16(25)7-10-23(19)30)29-24(28-21)18-9-8-17(26)12-20(18)27/h3-13,22,24,28-30H,2H2,1H3. The van der Waals surface area contributed by atoms with Crippen molar-refractivity contribution in [3.63, 3.8) is 0 Å². The molecule has 0 saturated heterocycles. The molecule has 0 bridgehead atoms. The highest BCUT2D eigenvalue weighted by Gasteiger charge is 2.27. The van der Waals surface area contributed by atoms with Crippen LogP contribution in [0.4, 0.5) is 0 Å². The molecule has 0 aromatic heterocycles. The molecular weight excluding hydrogens is 483 g/mol. The Morgan fingerprint density at radius 3 is 2.43 bits per heavy atom. The number of aryl methyl sites for hydroxylation is 1. The predicted octanol–water partition coefficient (Wildman–Crippen LogP) is 7.00. The van der Waals surface area contributed by atoms with Gasteiger partial charge in [-0.05, 0) is 54.0 Å². The first-order valence-electron chi connectivity index (χ1n) is 9.71. The van der Waals surface area contributed by atoms with Crippen LogP contribution in [0, 0.1) is 0 Å². The topological polar surface area (TPSA) is 44.3 Å². The summed E-state index contributed by atoms with van der Waals surface area (Å²) in [7, 11) is 0. The number of rotatable bonds is 4. The minimum Gasteiger partial charge on any atom is -0.508 e. The molecule has 0 spiro atoms. The maximum absolute atomic E-state index is 10.5. The van der Waals surface area contributed by atoms with Crippen LogP contribution >= 0.6 is 39.1 Å². The summed E-state index contributed by atoms with van der Waals surface area (Å²) in [4.78, 5) is 0. The SMILES string of the molecule is CCc1ccc(C2=CC(c3cc(Br)ccc3O)NC(c3ccc(Cl)cc3Cl)N2)cc1. The van der Waals surface area contributed by atoms with Crippen molar-refractivity contribution in [3.8, 4) is 5.75 Å². The Morgan fingerprint density at radius 1 is 0.967 bits per heavy atom. The molecule has 2 atom stereocenters. The van der Waals surface area contributed by atoms with Crippen LogP contribution in [0.25, 0.3) is 5.70 Å². The Balaban J connectivity index is 1.78. The second-order valence-electron chi connectivity index (χ2n) is 7.22. The largest absolute Gasteiger partial charge is 0.508 e. The number of halogens is 3. The van der Waals surface area contributed by atoms with Crippen LogP contribution in [-0.4, -0.2) is 5.11 Å². The highest BCUT2D eigenvalue weighted by molar-refractivity contribution is 9.10. The van der Waals surface area contributed by atoms with Gasteiger partial charge in [0.2, 0.25) is 0 Å². The summed E-state index contributed by atoms with van der Waals surface area (Å²) < 4.78 is 0.902. The first kappa shape index (κ1) is 21.3. The van der Waals surface area contributed by atoms with Gasteiger partial charge in [0.05, 0.1) is 6.04 Å². The molecule has 30 heavy (non-hydrogen) atoms. The van der Waals surface area contributed by atoms with Crippen molar-refractivity contribution in [3.05, 3.63) is 104 Å². The van der Waals surface area contributed by atoms with E-state index in [0.717, 1.165) is 33.3 Å². The zero-order valence-corrected chi connectivity index (χ0v) is 19.4. The minimum absolute atomic E-state index is 0.221. The summed E-state index contributed by atoms with van der Waals surface area (Å²) in [5, 5.41) is 18.8. The molecule has 0 aliphatic carbocycles. The van der Waals surface area contributed by atoms with Crippen LogP contribution in [0.1, 0.15) is 41.4 Å². The van der Waals surface area contributed by atoms with Crippen molar-refractivity contribution in [2.45, 2.75) is 25.6 Å². The zero-order valence-electron chi connectivity index (χ0n) is 16.3. The molecule has 0 amide bonds. The zero-order chi connectivity index (χ0) is 21.3. The summed E-state index contributed by atoms with van der Waals surface area (Å²) in [6, 6.07) is 19.2. The first-order chi connectivity index (χ1) is 14.4. The number of hydrogen-bond acceptors (Lipinski definition) is 3. The van der Waals surface area contributed by atoms with E-state index in [9.17, 15) is 5.11 Å². The molecule has 1 heterocycles. The molecule has 3 N–H and O–H groups in total. The van der Waals surface area contributed by atoms with Gasteiger partial charge in [0.15, 0.2) is 0 Å². The van der Waals surface area contributed by atoms with Crippen molar-refractivity contribution in [1.29, 1.82) is 0 Å². The average Bonchev–Trinajstić information content (AvgIpc) is 2.75.